The van der Waals surface area contributed by atoms with Crippen LogP contribution < -0.4 is 5.11 Å². The molecule has 310 valence electrons. The van der Waals surface area contributed by atoms with E-state index in [0.29, 0.717) is 12.8 Å². The molecule has 0 aliphatic carbocycles. The van der Waals surface area contributed by atoms with Gasteiger partial charge in [-0.15, -0.1) is 0 Å². The van der Waals surface area contributed by atoms with Crippen LogP contribution in [0.3, 0.4) is 0 Å². The highest BCUT2D eigenvalue weighted by atomic mass is 16.6. The molecule has 0 heterocycles. The molecule has 0 saturated heterocycles. The summed E-state index contributed by atoms with van der Waals surface area (Å²) in [6.07, 6.45) is 43.8. The second-order valence-corrected chi connectivity index (χ2v) is 15.2. The molecule has 0 N–H and O–H groups in total. The van der Waals surface area contributed by atoms with E-state index in [-0.39, 0.29) is 42.7 Å². The van der Waals surface area contributed by atoms with Crippen LogP contribution in [0, 0.1) is 0 Å². The fraction of sp³-hybridized carbons (Fsp3) is 0.717. The van der Waals surface area contributed by atoms with Gasteiger partial charge in [0.15, 0.2) is 6.10 Å². The molecule has 0 saturated carbocycles. The first-order valence-corrected chi connectivity index (χ1v) is 21.3. The van der Waals surface area contributed by atoms with Gasteiger partial charge >= 0.3 is 11.9 Å². The Hall–Kier alpha value is -2.97. The molecule has 2 atom stereocenters. The molecule has 0 aromatic rings. The maximum absolute atomic E-state index is 12.7. The normalized spacial score (nSPS) is 13.6. The van der Waals surface area contributed by atoms with Crippen molar-refractivity contribution < 1.29 is 38.2 Å². The summed E-state index contributed by atoms with van der Waals surface area (Å²) in [6.45, 7) is 4.47. The number of hydrogen-bond acceptors (Lipinski definition) is 7. The number of nitrogens with zero attached hydrogens (tertiary/aromatic N) is 1. The zero-order valence-electron chi connectivity index (χ0n) is 35.1. The summed E-state index contributed by atoms with van der Waals surface area (Å²) in [5.41, 5.74) is 0. The van der Waals surface area contributed by atoms with Crippen molar-refractivity contribution in [1.82, 2.24) is 0 Å². The molecule has 0 aliphatic rings. The second-order valence-electron chi connectivity index (χ2n) is 15.2. The van der Waals surface area contributed by atoms with Crippen molar-refractivity contribution in [1.29, 1.82) is 0 Å². The number of aliphatic carboxylic acids is 1. The Morgan fingerprint density at radius 1 is 0.574 bits per heavy atom. The van der Waals surface area contributed by atoms with Gasteiger partial charge in [-0.25, -0.2) is 0 Å². The van der Waals surface area contributed by atoms with Crippen molar-refractivity contribution in [3.63, 3.8) is 0 Å². The third kappa shape index (κ3) is 34.8. The van der Waals surface area contributed by atoms with Crippen molar-refractivity contribution in [2.45, 2.75) is 174 Å². The Kier molecular flexibility index (Phi) is 34.9. The van der Waals surface area contributed by atoms with Crippen molar-refractivity contribution in [3.8, 4) is 0 Å². The lowest BCUT2D eigenvalue weighted by atomic mass is 10.1. The number of carbonyl (C=O) groups excluding carboxylic acids is 3. The highest BCUT2D eigenvalue weighted by Crippen LogP contribution is 2.13. The van der Waals surface area contributed by atoms with Gasteiger partial charge in [0, 0.05) is 19.3 Å². The number of ether oxygens (including phenoxy) is 3. The fourth-order valence-corrected chi connectivity index (χ4v) is 5.81. The highest BCUT2D eigenvalue weighted by molar-refractivity contribution is 5.70. The largest absolute Gasteiger partial charge is 0.544 e. The van der Waals surface area contributed by atoms with E-state index in [1.54, 1.807) is 21.1 Å². The Balaban J connectivity index is 4.38. The molecule has 0 aromatic heterocycles. The van der Waals surface area contributed by atoms with Crippen LogP contribution in [0.5, 0.6) is 0 Å². The SMILES string of the molecule is CC/C=C\C/C=C\C/C=C\C/C=C\CCCCCCCCC(=O)OC(COCCC(C(=O)[O-])[N+](C)(C)C)COC(=O)CCCCCCC/C=C\CCCC. The first-order valence-electron chi connectivity index (χ1n) is 21.3. The minimum atomic E-state index is -1.13. The molecular formula is C46H79NO7. The summed E-state index contributed by atoms with van der Waals surface area (Å²) in [4.78, 5) is 36.8. The van der Waals surface area contributed by atoms with E-state index in [0.717, 1.165) is 89.9 Å². The highest BCUT2D eigenvalue weighted by Gasteiger charge is 2.25. The maximum Gasteiger partial charge on any atom is 0.306 e. The third-order valence-electron chi connectivity index (χ3n) is 9.14. The summed E-state index contributed by atoms with van der Waals surface area (Å²) < 4.78 is 17.1. The van der Waals surface area contributed by atoms with Gasteiger partial charge in [0.1, 0.15) is 12.6 Å². The van der Waals surface area contributed by atoms with Crippen molar-refractivity contribution in [3.05, 3.63) is 60.8 Å². The van der Waals surface area contributed by atoms with Gasteiger partial charge in [0.2, 0.25) is 0 Å². The quantitative estimate of drug-likeness (QED) is 0.0269. The van der Waals surface area contributed by atoms with Crippen LogP contribution in [0.4, 0.5) is 0 Å². The van der Waals surface area contributed by atoms with Crippen LogP contribution in [0.15, 0.2) is 60.8 Å². The number of rotatable bonds is 37. The minimum Gasteiger partial charge on any atom is -0.544 e. The Morgan fingerprint density at radius 3 is 1.56 bits per heavy atom. The Morgan fingerprint density at radius 2 is 1.04 bits per heavy atom. The van der Waals surface area contributed by atoms with Crippen LogP contribution in [0.25, 0.3) is 0 Å². The van der Waals surface area contributed by atoms with E-state index in [1.807, 2.05) is 0 Å². The third-order valence-corrected chi connectivity index (χ3v) is 9.14. The lowest BCUT2D eigenvalue weighted by Gasteiger charge is -2.34. The Labute approximate surface area is 330 Å². The Bertz CT molecular complexity index is 1070. The average molecular weight is 758 g/mol. The van der Waals surface area contributed by atoms with E-state index >= 15 is 0 Å². The topological polar surface area (TPSA) is 102 Å². The smallest absolute Gasteiger partial charge is 0.306 e. The predicted molar refractivity (Wildman–Crippen MR) is 222 cm³/mol. The summed E-state index contributed by atoms with van der Waals surface area (Å²) >= 11 is 0. The summed E-state index contributed by atoms with van der Waals surface area (Å²) in [6, 6.07) is -0.731. The number of likely N-dealkylation sites (N-methyl/N-ethyl adjacent to an activating group) is 1. The van der Waals surface area contributed by atoms with Gasteiger partial charge in [-0.2, -0.15) is 0 Å². The molecule has 0 radical (unpaired) electrons. The maximum atomic E-state index is 12.7. The number of carboxylic acids is 1. The molecule has 54 heavy (non-hydrogen) atoms. The molecule has 0 aliphatic heterocycles. The van der Waals surface area contributed by atoms with Gasteiger partial charge in [0.05, 0.1) is 40.3 Å². The number of quaternary nitrogens is 1. The molecule has 0 fully saturated rings. The molecule has 0 aromatic carbocycles. The van der Waals surface area contributed by atoms with E-state index in [9.17, 15) is 19.5 Å². The van der Waals surface area contributed by atoms with E-state index in [2.05, 4.69) is 74.6 Å². The van der Waals surface area contributed by atoms with E-state index in [4.69, 9.17) is 14.2 Å². The minimum absolute atomic E-state index is 0.0299. The lowest BCUT2D eigenvalue weighted by Crippen LogP contribution is -2.55. The number of hydrogen-bond donors (Lipinski definition) is 0. The molecule has 8 heteroatoms. The van der Waals surface area contributed by atoms with Gasteiger partial charge in [-0.05, 0) is 70.6 Å². The molecule has 0 spiro atoms. The zero-order chi connectivity index (χ0) is 40.0. The van der Waals surface area contributed by atoms with Crippen LogP contribution in [-0.2, 0) is 28.6 Å². The van der Waals surface area contributed by atoms with Crippen molar-refractivity contribution >= 4 is 17.9 Å². The first kappa shape index (κ1) is 51.0. The van der Waals surface area contributed by atoms with Gasteiger partial charge in [-0.3, -0.25) is 9.59 Å². The molecule has 0 amide bonds. The van der Waals surface area contributed by atoms with E-state index in [1.165, 1.54) is 38.5 Å². The average Bonchev–Trinajstić information content (AvgIpc) is 3.12. The fourth-order valence-electron chi connectivity index (χ4n) is 5.81. The monoisotopic (exact) mass is 758 g/mol. The van der Waals surface area contributed by atoms with Crippen LogP contribution in [0.2, 0.25) is 0 Å². The van der Waals surface area contributed by atoms with Crippen LogP contribution >= 0.6 is 0 Å². The molecule has 2 unspecified atom stereocenters. The van der Waals surface area contributed by atoms with Gasteiger partial charge in [-0.1, -0.05) is 132 Å². The molecule has 0 bridgehead atoms. The lowest BCUT2D eigenvalue weighted by molar-refractivity contribution is -0.889. The van der Waals surface area contributed by atoms with Gasteiger partial charge < -0.3 is 28.6 Å². The number of unbranched alkanes of at least 4 members (excludes halogenated alkanes) is 13. The van der Waals surface area contributed by atoms with Crippen LogP contribution in [0.1, 0.15) is 162 Å². The summed E-state index contributed by atoms with van der Waals surface area (Å²) in [5.74, 6) is -1.77. The van der Waals surface area contributed by atoms with Crippen molar-refractivity contribution in [2.75, 3.05) is 41.0 Å². The van der Waals surface area contributed by atoms with E-state index < -0.39 is 18.1 Å². The summed E-state index contributed by atoms with van der Waals surface area (Å²) in [5, 5.41) is 11.6. The zero-order valence-corrected chi connectivity index (χ0v) is 35.1. The number of carbonyl (C=O) groups is 3. The number of allylic oxidation sites excluding steroid dienone is 10. The summed E-state index contributed by atoms with van der Waals surface area (Å²) in [7, 11) is 5.39. The first-order chi connectivity index (χ1) is 26.1. The number of carboxylic acid groups (broad SMARTS) is 1. The second kappa shape index (κ2) is 37.0. The number of esters is 2. The molecule has 8 nitrogen and oxygen atoms in total. The predicted octanol–water partition coefficient (Wildman–Crippen LogP) is 10.1. The van der Waals surface area contributed by atoms with Crippen molar-refractivity contribution in [2.24, 2.45) is 0 Å². The standard InChI is InChI=1S/C46H79NO7/c1-6-8-10-12-14-16-18-19-20-21-22-23-24-25-27-29-31-33-35-37-45(49)54-42(40-52-39-38-43(46(50)51)47(3,4)5)41-53-44(48)36-34-32-30-28-26-17-15-13-11-9-7-2/h8,10,13-16,19-20,22-23,42-43H,6-7,9,11-12,17-18,21,24-41H2,1-5H3/b10-8-,15-13-,16-14-,20-19-,23-22-. The molecule has 0 rings (SSSR count). The van der Waals surface area contributed by atoms with Gasteiger partial charge in [0.25, 0.3) is 0 Å². The van der Waals surface area contributed by atoms with Crippen LogP contribution in [-0.4, -0.2) is 75.5 Å². The molecular weight excluding hydrogens is 679 g/mol.